The topological polar surface area (TPSA) is 66.5 Å². The van der Waals surface area contributed by atoms with E-state index in [1.165, 1.54) is 0 Å². The molecule has 2 aromatic rings. The highest BCUT2D eigenvalue weighted by Gasteiger charge is 2.38. The number of carbonyl (C=O) groups is 1. The molecule has 0 aliphatic carbocycles. The van der Waals surface area contributed by atoms with Crippen molar-refractivity contribution >= 4 is 15.7 Å². The van der Waals surface area contributed by atoms with E-state index in [2.05, 4.69) is 5.32 Å². The van der Waals surface area contributed by atoms with Gasteiger partial charge in [-0.15, -0.1) is 0 Å². The van der Waals surface area contributed by atoms with Crippen molar-refractivity contribution in [2.24, 2.45) is 11.8 Å². The number of rotatable bonds is 4. The van der Waals surface area contributed by atoms with Gasteiger partial charge in [0.1, 0.15) is 0 Å². The summed E-state index contributed by atoms with van der Waals surface area (Å²) in [5, 5.41) is 3.37. The predicted octanol–water partition coefficient (Wildman–Crippen LogP) is 2.26. The molecule has 1 N–H and O–H groups in total. The molecule has 5 nitrogen and oxygen atoms in total. The van der Waals surface area contributed by atoms with Gasteiger partial charge in [0.05, 0.1) is 10.6 Å². The molecule has 0 saturated carbocycles. The van der Waals surface area contributed by atoms with Gasteiger partial charge < -0.3 is 10.2 Å². The molecule has 2 atom stereocenters. The Morgan fingerprint density at radius 1 is 1.00 bits per heavy atom. The van der Waals surface area contributed by atoms with Crippen LogP contribution in [-0.4, -0.2) is 45.4 Å². The van der Waals surface area contributed by atoms with Gasteiger partial charge in [0.2, 0.25) is 0 Å². The molecule has 142 valence electrons. The van der Waals surface area contributed by atoms with E-state index in [1.54, 1.807) is 48.5 Å². The van der Waals surface area contributed by atoms with Crippen LogP contribution in [-0.2, 0) is 15.6 Å². The lowest BCUT2D eigenvalue weighted by Crippen LogP contribution is -2.31. The summed E-state index contributed by atoms with van der Waals surface area (Å²) in [6.45, 7) is 5.52. The number of likely N-dealkylation sites (tertiary alicyclic amines) is 1. The second-order valence-corrected chi connectivity index (χ2v) is 9.65. The van der Waals surface area contributed by atoms with Gasteiger partial charge in [0, 0.05) is 31.7 Å². The van der Waals surface area contributed by atoms with Crippen LogP contribution in [0.2, 0.25) is 0 Å². The molecule has 2 fully saturated rings. The van der Waals surface area contributed by atoms with Gasteiger partial charge in [0.15, 0.2) is 9.84 Å². The largest absolute Gasteiger partial charge is 0.338 e. The summed E-state index contributed by atoms with van der Waals surface area (Å²) in [7, 11) is -3.39. The predicted molar refractivity (Wildman–Crippen MR) is 104 cm³/mol. The van der Waals surface area contributed by atoms with Gasteiger partial charge in [-0.3, -0.25) is 4.79 Å². The molecule has 2 saturated heterocycles. The molecule has 0 aromatic heterocycles. The van der Waals surface area contributed by atoms with Gasteiger partial charge in [-0.1, -0.05) is 29.8 Å². The first kappa shape index (κ1) is 18.2. The van der Waals surface area contributed by atoms with Gasteiger partial charge >= 0.3 is 0 Å². The van der Waals surface area contributed by atoms with E-state index in [9.17, 15) is 13.2 Å². The second kappa shape index (κ2) is 7.09. The summed E-state index contributed by atoms with van der Waals surface area (Å²) < 4.78 is 25.1. The molecule has 0 spiro atoms. The molecule has 2 heterocycles. The Morgan fingerprint density at radius 3 is 2.19 bits per heavy atom. The van der Waals surface area contributed by atoms with Crippen molar-refractivity contribution in [3.8, 4) is 0 Å². The van der Waals surface area contributed by atoms with Crippen LogP contribution in [0, 0.1) is 18.8 Å². The van der Waals surface area contributed by atoms with Crippen molar-refractivity contribution in [1.29, 1.82) is 0 Å². The summed E-state index contributed by atoms with van der Waals surface area (Å²) in [4.78, 5) is 15.0. The van der Waals surface area contributed by atoms with Crippen molar-refractivity contribution < 1.29 is 13.2 Å². The second-order valence-electron chi connectivity index (χ2n) is 7.66. The number of nitrogens with one attached hydrogen (secondary N) is 1. The molecule has 0 bridgehead atoms. The summed E-state index contributed by atoms with van der Waals surface area (Å²) in [5.41, 5.74) is 2.34. The van der Waals surface area contributed by atoms with Crippen molar-refractivity contribution in [3.05, 3.63) is 65.2 Å². The molecule has 2 aliphatic rings. The molecular formula is C21H24N2O3S. The van der Waals surface area contributed by atoms with Crippen LogP contribution in [0.25, 0.3) is 0 Å². The van der Waals surface area contributed by atoms with Crippen molar-refractivity contribution in [3.63, 3.8) is 0 Å². The van der Waals surface area contributed by atoms with Crippen molar-refractivity contribution in [1.82, 2.24) is 10.2 Å². The van der Waals surface area contributed by atoms with E-state index in [4.69, 9.17) is 0 Å². The van der Waals surface area contributed by atoms with Crippen LogP contribution >= 0.6 is 0 Å². The molecule has 0 radical (unpaired) electrons. The van der Waals surface area contributed by atoms with E-state index in [1.807, 2.05) is 11.8 Å². The number of amides is 1. The lowest BCUT2D eigenvalue weighted by molar-refractivity contribution is 0.0781. The normalized spacial score (nSPS) is 22.0. The molecule has 2 aliphatic heterocycles. The highest BCUT2D eigenvalue weighted by Crippen LogP contribution is 2.27. The van der Waals surface area contributed by atoms with Crippen molar-refractivity contribution in [2.45, 2.75) is 17.6 Å². The van der Waals surface area contributed by atoms with E-state index >= 15 is 0 Å². The maximum atomic E-state index is 12.7. The smallest absolute Gasteiger partial charge is 0.253 e. The Kier molecular flexibility index (Phi) is 4.78. The summed E-state index contributed by atoms with van der Waals surface area (Å²) in [6.07, 6.45) is 0. The summed E-state index contributed by atoms with van der Waals surface area (Å²) >= 11 is 0. The first-order valence-electron chi connectivity index (χ1n) is 9.31. The lowest BCUT2D eigenvalue weighted by Gasteiger charge is -2.17. The summed E-state index contributed by atoms with van der Waals surface area (Å²) in [6, 6.07) is 13.9. The van der Waals surface area contributed by atoms with E-state index in [0.29, 0.717) is 27.9 Å². The number of nitrogens with zero attached hydrogens (tertiary/aromatic N) is 1. The fraction of sp³-hybridized carbons (Fsp3) is 0.381. The average molecular weight is 385 g/mol. The van der Waals surface area contributed by atoms with Crippen LogP contribution in [0.5, 0.6) is 0 Å². The summed E-state index contributed by atoms with van der Waals surface area (Å²) in [5.74, 6) is 1.10. The molecule has 6 heteroatoms. The third-order valence-electron chi connectivity index (χ3n) is 5.61. The first-order valence-corrected chi connectivity index (χ1v) is 11.0. The zero-order chi connectivity index (χ0) is 19.0. The Bertz CT molecular complexity index is 924. The quantitative estimate of drug-likeness (QED) is 0.878. The Hall–Kier alpha value is -2.18. The Labute approximate surface area is 160 Å². The molecule has 4 rings (SSSR count). The molecule has 27 heavy (non-hydrogen) atoms. The van der Waals surface area contributed by atoms with Crippen molar-refractivity contribution in [2.75, 3.05) is 26.2 Å². The van der Waals surface area contributed by atoms with Crippen LogP contribution in [0.4, 0.5) is 0 Å². The molecule has 0 unspecified atom stereocenters. The minimum Gasteiger partial charge on any atom is -0.338 e. The van der Waals surface area contributed by atoms with Gasteiger partial charge in [-0.2, -0.15) is 0 Å². The monoisotopic (exact) mass is 384 g/mol. The van der Waals surface area contributed by atoms with E-state index in [-0.39, 0.29) is 11.7 Å². The van der Waals surface area contributed by atoms with Crippen LogP contribution in [0.1, 0.15) is 21.5 Å². The Balaban J connectivity index is 1.44. The minimum absolute atomic E-state index is 0.0392. The van der Waals surface area contributed by atoms with Crippen LogP contribution in [0.15, 0.2) is 53.4 Å². The standard InChI is InChI=1S/C21H24N2O3S/c1-15-2-8-20(9-3-15)27(25,26)14-16-4-6-17(7-5-16)21(24)23-12-18-10-22-11-19(18)13-23/h2-9,18-19,22H,10-14H2,1H3/t18-,19+. The first-order chi connectivity index (χ1) is 12.9. The maximum Gasteiger partial charge on any atom is 0.253 e. The maximum absolute atomic E-state index is 12.7. The van der Waals surface area contributed by atoms with Gasteiger partial charge in [-0.05, 0) is 48.6 Å². The van der Waals surface area contributed by atoms with E-state index in [0.717, 1.165) is 31.7 Å². The zero-order valence-electron chi connectivity index (χ0n) is 15.4. The minimum atomic E-state index is -3.39. The SMILES string of the molecule is Cc1ccc(S(=O)(=O)Cc2ccc(C(=O)N3C[C@H]4CNC[C@H]4C3)cc2)cc1. The third-order valence-corrected chi connectivity index (χ3v) is 7.32. The number of hydrogen-bond donors (Lipinski definition) is 1. The molecular weight excluding hydrogens is 360 g/mol. The zero-order valence-corrected chi connectivity index (χ0v) is 16.2. The van der Waals surface area contributed by atoms with Crippen LogP contribution in [0.3, 0.4) is 0 Å². The number of sulfone groups is 1. The highest BCUT2D eigenvalue weighted by atomic mass is 32.2. The van der Waals surface area contributed by atoms with E-state index < -0.39 is 9.84 Å². The third kappa shape index (κ3) is 3.77. The fourth-order valence-electron chi connectivity index (χ4n) is 4.00. The molecule has 1 amide bonds. The number of hydrogen-bond acceptors (Lipinski definition) is 4. The number of aryl methyl sites for hydroxylation is 1. The Morgan fingerprint density at radius 2 is 1.59 bits per heavy atom. The number of benzene rings is 2. The number of fused-ring (bicyclic) bond motifs is 1. The average Bonchev–Trinajstić information content (AvgIpc) is 3.24. The highest BCUT2D eigenvalue weighted by molar-refractivity contribution is 7.90. The van der Waals surface area contributed by atoms with Gasteiger partial charge in [-0.25, -0.2) is 8.42 Å². The number of carbonyl (C=O) groups excluding carboxylic acids is 1. The lowest BCUT2D eigenvalue weighted by atomic mass is 10.0. The van der Waals surface area contributed by atoms with Crippen LogP contribution < -0.4 is 5.32 Å². The van der Waals surface area contributed by atoms with Gasteiger partial charge in [0.25, 0.3) is 5.91 Å². The fourth-order valence-corrected chi connectivity index (χ4v) is 5.34. The molecule has 2 aromatic carbocycles.